The number of anilines is 1. The maximum atomic E-state index is 13.1. The first kappa shape index (κ1) is 20.7. The summed E-state index contributed by atoms with van der Waals surface area (Å²) < 4.78 is 5.16. The van der Waals surface area contributed by atoms with E-state index in [9.17, 15) is 29.3 Å². The van der Waals surface area contributed by atoms with Crippen LogP contribution < -0.4 is 4.90 Å². The zero-order valence-corrected chi connectivity index (χ0v) is 17.2. The Balaban J connectivity index is 1.32. The molecular weight excluding hydrogens is 428 g/mol. The number of fused-ring (bicyclic) bond motifs is 5. The molecule has 0 spiro atoms. The van der Waals surface area contributed by atoms with E-state index in [1.54, 1.807) is 12.1 Å². The summed E-state index contributed by atoms with van der Waals surface area (Å²) in [6, 6.07) is 11.1. The molecule has 166 valence electrons. The van der Waals surface area contributed by atoms with Crippen LogP contribution in [0.5, 0.6) is 0 Å². The van der Waals surface area contributed by atoms with Crippen molar-refractivity contribution in [3.05, 3.63) is 81.9 Å². The van der Waals surface area contributed by atoms with Gasteiger partial charge in [0.2, 0.25) is 11.8 Å². The molecule has 4 atom stereocenters. The molecule has 3 aliphatic rings. The monoisotopic (exact) mass is 446 g/mol. The maximum Gasteiger partial charge on any atom is 0.340 e. The summed E-state index contributed by atoms with van der Waals surface area (Å²) in [6.45, 7) is -0.591. The number of nitro groups is 1. The lowest BCUT2D eigenvalue weighted by atomic mass is 9.85. The fourth-order valence-corrected chi connectivity index (χ4v) is 5.04. The lowest BCUT2D eigenvalue weighted by Gasteiger charge is -2.19. The van der Waals surface area contributed by atoms with Gasteiger partial charge in [0.05, 0.1) is 28.0 Å². The Bertz CT molecular complexity index is 1200. The molecule has 0 radical (unpaired) electrons. The van der Waals surface area contributed by atoms with E-state index in [0.29, 0.717) is 0 Å². The molecule has 5 rings (SSSR count). The number of hydrogen-bond donors (Lipinski definition) is 0. The van der Waals surface area contributed by atoms with Crippen LogP contribution in [0.25, 0.3) is 0 Å². The number of ketones is 1. The number of amides is 2. The molecule has 33 heavy (non-hydrogen) atoms. The average Bonchev–Trinajstić information content (AvgIpc) is 3.51. The maximum absolute atomic E-state index is 13.1. The van der Waals surface area contributed by atoms with E-state index in [0.717, 1.165) is 11.3 Å². The quantitative estimate of drug-likeness (QED) is 0.167. The molecule has 2 aromatic carbocycles. The van der Waals surface area contributed by atoms with Crippen LogP contribution in [-0.4, -0.2) is 35.1 Å². The number of nitro benzene ring substituents is 1. The van der Waals surface area contributed by atoms with Crippen molar-refractivity contribution in [2.24, 2.45) is 23.7 Å². The minimum atomic E-state index is -0.848. The van der Waals surface area contributed by atoms with Crippen LogP contribution in [0.3, 0.4) is 0 Å². The average molecular weight is 446 g/mol. The largest absolute Gasteiger partial charge is 0.454 e. The number of ether oxygens (including phenoxy) is 1. The smallest absolute Gasteiger partial charge is 0.340 e. The molecule has 1 saturated heterocycles. The first-order chi connectivity index (χ1) is 15.9. The second-order valence-electron chi connectivity index (χ2n) is 8.33. The number of esters is 1. The molecule has 2 fully saturated rings. The zero-order valence-electron chi connectivity index (χ0n) is 17.2. The van der Waals surface area contributed by atoms with Gasteiger partial charge >= 0.3 is 5.97 Å². The van der Waals surface area contributed by atoms with Gasteiger partial charge in [-0.2, -0.15) is 0 Å². The van der Waals surface area contributed by atoms with E-state index in [-0.39, 0.29) is 46.2 Å². The summed E-state index contributed by atoms with van der Waals surface area (Å²) in [5.41, 5.74) is 0.151. The summed E-state index contributed by atoms with van der Waals surface area (Å²) in [7, 11) is 0. The van der Waals surface area contributed by atoms with Gasteiger partial charge in [0.25, 0.3) is 5.69 Å². The Morgan fingerprint density at radius 3 is 2.18 bits per heavy atom. The van der Waals surface area contributed by atoms with Crippen LogP contribution in [0.15, 0.2) is 60.7 Å². The summed E-state index contributed by atoms with van der Waals surface area (Å²) >= 11 is 0. The SMILES string of the molecule is O=C(COC(=O)c1ccccc1N1C(=O)C2C3C=CC(C3)C2C1=O)c1ccc([N+](=O)[O-])cc1. The predicted octanol–water partition coefficient (Wildman–Crippen LogP) is 2.95. The standard InChI is InChI=1S/C24H18N2O7/c27-19(13-7-9-16(10-8-13)26(31)32)12-33-24(30)17-3-1-2-4-18(17)25-22(28)20-14-5-6-15(11-14)21(20)23(25)29/h1-10,14-15,20-21H,11-12H2. The zero-order chi connectivity index (χ0) is 23.3. The van der Waals surface area contributed by atoms with Gasteiger partial charge < -0.3 is 4.74 Å². The number of Topliss-reactive ketones (excluding diaryl/α,β-unsaturated/α-hetero) is 1. The molecule has 9 nitrogen and oxygen atoms in total. The molecule has 1 saturated carbocycles. The first-order valence-electron chi connectivity index (χ1n) is 10.5. The van der Waals surface area contributed by atoms with Gasteiger partial charge in [-0.15, -0.1) is 0 Å². The molecule has 2 bridgehead atoms. The summed E-state index contributed by atoms with van der Waals surface area (Å²) in [5, 5.41) is 10.7. The first-order valence-corrected chi connectivity index (χ1v) is 10.5. The van der Waals surface area contributed by atoms with Gasteiger partial charge in [-0.05, 0) is 42.5 Å². The van der Waals surface area contributed by atoms with Crippen LogP contribution in [0.2, 0.25) is 0 Å². The Morgan fingerprint density at radius 2 is 1.58 bits per heavy atom. The number of hydrogen-bond acceptors (Lipinski definition) is 7. The topological polar surface area (TPSA) is 124 Å². The van der Waals surface area contributed by atoms with Gasteiger partial charge in [-0.1, -0.05) is 24.3 Å². The molecule has 0 N–H and O–H groups in total. The molecule has 2 amide bonds. The summed E-state index contributed by atoms with van der Waals surface area (Å²) in [5.74, 6) is -2.74. The van der Waals surface area contributed by atoms with Crippen molar-refractivity contribution < 1.29 is 28.8 Å². The Hall–Kier alpha value is -4.14. The van der Waals surface area contributed by atoms with Crippen molar-refractivity contribution >= 4 is 34.9 Å². The Labute approximate surface area is 187 Å². The van der Waals surface area contributed by atoms with Crippen LogP contribution in [-0.2, 0) is 14.3 Å². The molecular formula is C24H18N2O7. The van der Waals surface area contributed by atoms with E-state index >= 15 is 0 Å². The number of rotatable bonds is 6. The molecule has 0 aromatic heterocycles. The third-order valence-corrected chi connectivity index (χ3v) is 6.57. The minimum Gasteiger partial charge on any atom is -0.454 e. The normalized spacial score (nSPS) is 24.8. The second kappa shape index (κ2) is 7.77. The highest BCUT2D eigenvalue weighted by molar-refractivity contribution is 6.24. The van der Waals surface area contributed by atoms with Crippen LogP contribution in [0, 0.1) is 33.8 Å². The highest BCUT2D eigenvalue weighted by atomic mass is 16.6. The van der Waals surface area contributed by atoms with Gasteiger partial charge in [0, 0.05) is 17.7 Å². The van der Waals surface area contributed by atoms with Gasteiger partial charge in [-0.25, -0.2) is 9.69 Å². The third-order valence-electron chi connectivity index (χ3n) is 6.57. The number of para-hydroxylation sites is 1. The molecule has 1 heterocycles. The van der Waals surface area contributed by atoms with Crippen molar-refractivity contribution in [1.29, 1.82) is 0 Å². The fraction of sp³-hybridized carbons (Fsp3) is 0.250. The van der Waals surface area contributed by atoms with E-state index in [1.807, 2.05) is 12.2 Å². The highest BCUT2D eigenvalue weighted by Crippen LogP contribution is 2.53. The van der Waals surface area contributed by atoms with Crippen LogP contribution >= 0.6 is 0 Å². The van der Waals surface area contributed by atoms with Crippen molar-refractivity contribution in [2.45, 2.75) is 6.42 Å². The molecule has 2 aromatic rings. The van der Waals surface area contributed by atoms with Crippen LogP contribution in [0.4, 0.5) is 11.4 Å². The Kier molecular flexibility index (Phi) is 4.88. The van der Waals surface area contributed by atoms with Crippen molar-refractivity contribution in [1.82, 2.24) is 0 Å². The van der Waals surface area contributed by atoms with Crippen molar-refractivity contribution in [2.75, 3.05) is 11.5 Å². The number of nitrogens with zero attached hydrogens (tertiary/aromatic N) is 2. The van der Waals surface area contributed by atoms with Gasteiger partial charge in [0.1, 0.15) is 0 Å². The minimum absolute atomic E-state index is 0.0102. The fourth-order valence-electron chi connectivity index (χ4n) is 5.04. The van der Waals surface area contributed by atoms with Gasteiger partial charge in [-0.3, -0.25) is 24.5 Å². The van der Waals surface area contributed by atoms with E-state index in [4.69, 9.17) is 4.74 Å². The third kappa shape index (κ3) is 3.32. The van der Waals surface area contributed by atoms with E-state index in [2.05, 4.69) is 0 Å². The van der Waals surface area contributed by atoms with Crippen molar-refractivity contribution in [3.63, 3.8) is 0 Å². The second-order valence-corrected chi connectivity index (χ2v) is 8.33. The molecule has 4 unspecified atom stereocenters. The molecule has 1 aliphatic heterocycles. The predicted molar refractivity (Wildman–Crippen MR) is 114 cm³/mol. The van der Waals surface area contributed by atoms with E-state index in [1.165, 1.54) is 36.4 Å². The van der Waals surface area contributed by atoms with Crippen LogP contribution in [0.1, 0.15) is 27.1 Å². The number of benzene rings is 2. The summed E-state index contributed by atoms with van der Waals surface area (Å²) in [4.78, 5) is 62.6. The molecule has 2 aliphatic carbocycles. The number of carbonyl (C=O) groups excluding carboxylic acids is 4. The van der Waals surface area contributed by atoms with Gasteiger partial charge in [0.15, 0.2) is 12.4 Å². The molecule has 9 heteroatoms. The number of non-ortho nitro benzene ring substituents is 1. The van der Waals surface area contributed by atoms with Crippen molar-refractivity contribution in [3.8, 4) is 0 Å². The lowest BCUT2D eigenvalue weighted by Crippen LogP contribution is -2.34. The highest BCUT2D eigenvalue weighted by Gasteiger charge is 2.59. The lowest BCUT2D eigenvalue weighted by molar-refractivity contribution is -0.384. The number of imide groups is 1. The van der Waals surface area contributed by atoms with E-state index < -0.39 is 35.1 Å². The number of allylic oxidation sites excluding steroid dienone is 2. The summed E-state index contributed by atoms with van der Waals surface area (Å²) in [6.07, 6.45) is 4.78. The number of carbonyl (C=O) groups is 4. The Morgan fingerprint density at radius 1 is 0.970 bits per heavy atom.